The van der Waals surface area contributed by atoms with Gasteiger partial charge in [-0.3, -0.25) is 9.78 Å². The fourth-order valence-corrected chi connectivity index (χ4v) is 1.50. The summed E-state index contributed by atoms with van der Waals surface area (Å²) in [6.45, 7) is 0. The Balaban J connectivity index is 0.000000722. The summed E-state index contributed by atoms with van der Waals surface area (Å²) in [4.78, 5) is 15.5. The zero-order chi connectivity index (χ0) is 10.3. The van der Waals surface area contributed by atoms with Crippen LogP contribution in [0.2, 0.25) is 0 Å². The first-order valence-corrected chi connectivity index (χ1v) is 4.54. The van der Waals surface area contributed by atoms with E-state index in [1.165, 1.54) is 12.1 Å². The third-order valence-corrected chi connectivity index (χ3v) is 2.20. The van der Waals surface area contributed by atoms with Gasteiger partial charge in [-0.1, -0.05) is 0 Å². The van der Waals surface area contributed by atoms with E-state index in [-0.39, 0.29) is 40.5 Å². The Morgan fingerprint density at radius 2 is 2.06 bits per heavy atom. The largest absolute Gasteiger partial charge is 1.00 e. The van der Waals surface area contributed by atoms with Crippen molar-refractivity contribution in [1.82, 2.24) is 4.98 Å². The molecule has 1 N–H and O–H groups in total. The average Bonchev–Trinajstić information content (AvgIpc) is 2.26. The normalized spacial score (nSPS) is 9.65. The van der Waals surface area contributed by atoms with Crippen molar-refractivity contribution in [3.8, 4) is 11.5 Å². The van der Waals surface area contributed by atoms with Crippen molar-refractivity contribution in [3.63, 3.8) is 0 Å². The Bertz CT molecular complexity index is 665. The van der Waals surface area contributed by atoms with Crippen LogP contribution in [0.5, 0.6) is 0 Å². The average molecular weight is 236 g/mol. The zero-order valence-corrected chi connectivity index (χ0v) is 11.2. The van der Waals surface area contributed by atoms with Crippen LogP contribution in [0.1, 0.15) is 0 Å². The number of hydrogen-bond donors (Lipinski definition) is 0. The van der Waals surface area contributed by atoms with Crippen LogP contribution >= 0.6 is 0 Å². The van der Waals surface area contributed by atoms with Crippen LogP contribution in [0, 0.1) is 6.07 Å². The molecular formula is C12H7NNaO3-. The third kappa shape index (κ3) is 2.56. The van der Waals surface area contributed by atoms with Crippen molar-refractivity contribution in [2.45, 2.75) is 0 Å². The van der Waals surface area contributed by atoms with Gasteiger partial charge in [-0.05, 0) is 17.6 Å². The Morgan fingerprint density at radius 3 is 2.88 bits per heavy atom. The molecule has 0 bridgehead atoms. The second kappa shape index (κ2) is 5.42. The van der Waals surface area contributed by atoms with Crippen LogP contribution in [-0.2, 0) is 0 Å². The van der Waals surface area contributed by atoms with Crippen LogP contribution in [0.25, 0.3) is 22.6 Å². The van der Waals surface area contributed by atoms with E-state index >= 15 is 0 Å². The topological polar surface area (TPSA) is 73.1 Å². The Hall–Kier alpha value is -1.20. The Labute approximate surface area is 119 Å². The molecule has 0 fully saturated rings. The fraction of sp³-hybridized carbons (Fsp3) is 0. The van der Waals surface area contributed by atoms with Crippen molar-refractivity contribution in [3.05, 3.63) is 52.7 Å². The summed E-state index contributed by atoms with van der Waals surface area (Å²) in [6.07, 6.45) is 0. The van der Waals surface area contributed by atoms with Gasteiger partial charge in [0.2, 0.25) is 0 Å². The smallest absolute Gasteiger partial charge is 0.870 e. The Morgan fingerprint density at radius 1 is 1.24 bits per heavy atom. The van der Waals surface area contributed by atoms with E-state index in [0.29, 0.717) is 17.0 Å². The van der Waals surface area contributed by atoms with Gasteiger partial charge < -0.3 is 9.89 Å². The first-order chi connectivity index (χ1) is 7.33. The standard InChI is InChI=1S/C12H6NO2.Na.H2O/c14-8-5-6-10-12(7-8)15-11-4-2-1-3-9(11)13-10;;/h1,3-7H;;1H2/q-1;+1;/p-1. The predicted octanol–water partition coefficient (Wildman–Crippen LogP) is -1.08. The minimum absolute atomic E-state index is 0. The molecule has 1 aromatic rings. The molecule has 0 saturated carbocycles. The molecule has 1 aromatic carbocycles. The van der Waals surface area contributed by atoms with Gasteiger partial charge in [0.05, 0.1) is 0 Å². The van der Waals surface area contributed by atoms with Gasteiger partial charge in [0.25, 0.3) is 0 Å². The maximum atomic E-state index is 11.1. The quantitative estimate of drug-likeness (QED) is 0.283. The van der Waals surface area contributed by atoms with Gasteiger partial charge in [0.15, 0.2) is 5.43 Å². The maximum Gasteiger partial charge on any atom is 1.00 e. The van der Waals surface area contributed by atoms with E-state index in [1.807, 2.05) is 6.07 Å². The summed E-state index contributed by atoms with van der Waals surface area (Å²) < 4.78 is 5.53. The van der Waals surface area contributed by atoms with E-state index < -0.39 is 0 Å². The molecule has 0 saturated heterocycles. The van der Waals surface area contributed by atoms with Crippen molar-refractivity contribution in [2.75, 3.05) is 0 Å². The van der Waals surface area contributed by atoms with E-state index in [1.54, 1.807) is 18.2 Å². The van der Waals surface area contributed by atoms with Crippen LogP contribution in [-0.4, -0.2) is 10.5 Å². The number of nitrogens with zero attached hydrogens (tertiary/aromatic N) is 1. The first-order valence-electron chi connectivity index (χ1n) is 4.54. The first kappa shape index (κ1) is 13.9. The van der Waals surface area contributed by atoms with Crippen molar-refractivity contribution in [1.29, 1.82) is 0 Å². The van der Waals surface area contributed by atoms with Gasteiger partial charge in [-0.2, -0.15) is 12.1 Å². The van der Waals surface area contributed by atoms with Crippen molar-refractivity contribution < 1.29 is 39.5 Å². The monoisotopic (exact) mass is 236 g/mol. The van der Waals surface area contributed by atoms with Crippen LogP contribution in [0.15, 0.2) is 45.6 Å². The van der Waals surface area contributed by atoms with Crippen LogP contribution in [0.4, 0.5) is 0 Å². The molecule has 0 amide bonds. The molecule has 80 valence electrons. The molecule has 1 aliphatic carbocycles. The molecule has 2 aliphatic rings. The molecule has 5 heteroatoms. The van der Waals surface area contributed by atoms with E-state index in [0.717, 1.165) is 5.52 Å². The maximum absolute atomic E-state index is 11.1. The summed E-state index contributed by atoms with van der Waals surface area (Å²) in [5.41, 5.74) is 2.01. The molecule has 3 rings (SSSR count). The summed E-state index contributed by atoms with van der Waals surface area (Å²) >= 11 is 0. The Kier molecular flexibility index (Phi) is 4.42. The second-order valence-corrected chi connectivity index (χ2v) is 3.24. The molecule has 1 heterocycles. The number of benzene rings is 2. The summed E-state index contributed by atoms with van der Waals surface area (Å²) in [5, 5.41) is 0. The molecule has 0 spiro atoms. The van der Waals surface area contributed by atoms with E-state index in [4.69, 9.17) is 4.42 Å². The molecular weight excluding hydrogens is 229 g/mol. The summed E-state index contributed by atoms with van der Waals surface area (Å²) in [6, 6.07) is 12.8. The number of aromatic nitrogens is 1. The number of hydrogen-bond acceptors (Lipinski definition) is 4. The zero-order valence-electron chi connectivity index (χ0n) is 9.18. The number of fused-ring (bicyclic) bond motifs is 2. The van der Waals surface area contributed by atoms with Gasteiger partial charge >= 0.3 is 29.6 Å². The summed E-state index contributed by atoms with van der Waals surface area (Å²) in [5.74, 6) is 0.509. The second-order valence-electron chi connectivity index (χ2n) is 3.24. The van der Waals surface area contributed by atoms with Crippen molar-refractivity contribution >= 4 is 11.1 Å². The van der Waals surface area contributed by atoms with E-state index in [2.05, 4.69) is 11.1 Å². The van der Waals surface area contributed by atoms with E-state index in [9.17, 15) is 4.79 Å². The van der Waals surface area contributed by atoms with Crippen LogP contribution in [0.3, 0.4) is 0 Å². The molecule has 0 radical (unpaired) electrons. The number of rotatable bonds is 0. The molecule has 0 unspecified atom stereocenters. The molecule has 17 heavy (non-hydrogen) atoms. The van der Waals surface area contributed by atoms with Gasteiger partial charge in [-0.25, -0.2) is 0 Å². The molecule has 0 aromatic heterocycles. The summed E-state index contributed by atoms with van der Waals surface area (Å²) in [7, 11) is 0. The van der Waals surface area contributed by atoms with Gasteiger partial charge in [0, 0.05) is 11.6 Å². The molecule has 0 atom stereocenters. The minimum Gasteiger partial charge on any atom is -0.870 e. The van der Waals surface area contributed by atoms with Gasteiger partial charge in [0.1, 0.15) is 11.5 Å². The SMILES string of the molecule is O=c1ccc2nc3cc[c-]cc3oc-2c1.[Na+].[OH-]. The van der Waals surface area contributed by atoms with Gasteiger partial charge in [-0.15, -0.1) is 12.1 Å². The third-order valence-electron chi connectivity index (χ3n) is 2.20. The molecule has 1 aliphatic heterocycles. The molecule has 4 nitrogen and oxygen atoms in total. The predicted molar refractivity (Wildman–Crippen MR) is 57.7 cm³/mol. The van der Waals surface area contributed by atoms with Crippen molar-refractivity contribution in [2.24, 2.45) is 0 Å². The minimum atomic E-state index is -0.0766. The fourth-order valence-electron chi connectivity index (χ4n) is 1.50. The van der Waals surface area contributed by atoms with Crippen LogP contribution < -0.4 is 35.0 Å².